The molecule has 2 aliphatic rings. The first kappa shape index (κ1) is 20.3. The standard InChI is InChI=1S/C20H28N4O4/c1-28-16-5-3-15(4-6-16)24-18(25)13-17(20(24)27)22-9-2-10-23-11-7-14(8-12-23)19(21)26/h3-6,14,17,22H,2,7-13H2,1H3,(H2,21,26). The number of amides is 3. The third kappa shape index (κ3) is 4.69. The highest BCUT2D eigenvalue weighted by molar-refractivity contribution is 6.22. The average Bonchev–Trinajstić information content (AvgIpc) is 2.99. The monoisotopic (exact) mass is 388 g/mol. The summed E-state index contributed by atoms with van der Waals surface area (Å²) >= 11 is 0. The summed E-state index contributed by atoms with van der Waals surface area (Å²) in [5.41, 5.74) is 5.93. The summed E-state index contributed by atoms with van der Waals surface area (Å²) in [5, 5.41) is 3.21. The van der Waals surface area contributed by atoms with Crippen LogP contribution < -0.4 is 20.7 Å². The van der Waals surface area contributed by atoms with Crippen molar-refractivity contribution in [2.45, 2.75) is 31.7 Å². The van der Waals surface area contributed by atoms with Crippen LogP contribution in [0.2, 0.25) is 0 Å². The van der Waals surface area contributed by atoms with Crippen LogP contribution in [0.15, 0.2) is 24.3 Å². The molecule has 0 spiro atoms. The van der Waals surface area contributed by atoms with Gasteiger partial charge in [0.05, 0.1) is 25.3 Å². The fourth-order valence-corrected chi connectivity index (χ4v) is 3.81. The molecule has 1 aromatic carbocycles. The number of hydrogen-bond acceptors (Lipinski definition) is 6. The maximum absolute atomic E-state index is 12.6. The summed E-state index contributed by atoms with van der Waals surface area (Å²) in [7, 11) is 1.57. The number of piperidine rings is 1. The Morgan fingerprint density at radius 2 is 1.89 bits per heavy atom. The molecule has 2 aliphatic heterocycles. The lowest BCUT2D eigenvalue weighted by atomic mass is 9.96. The molecule has 8 heteroatoms. The highest BCUT2D eigenvalue weighted by Gasteiger charge is 2.39. The molecule has 0 bridgehead atoms. The molecule has 152 valence electrons. The number of anilines is 1. The number of benzene rings is 1. The van der Waals surface area contributed by atoms with Crippen molar-refractivity contribution in [3.63, 3.8) is 0 Å². The van der Waals surface area contributed by atoms with Gasteiger partial charge in [-0.2, -0.15) is 0 Å². The van der Waals surface area contributed by atoms with Gasteiger partial charge in [0.15, 0.2) is 0 Å². The van der Waals surface area contributed by atoms with E-state index in [9.17, 15) is 14.4 Å². The Kier molecular flexibility index (Phi) is 6.64. The number of imide groups is 1. The molecule has 1 atom stereocenters. The molecular formula is C20H28N4O4. The van der Waals surface area contributed by atoms with E-state index in [4.69, 9.17) is 10.5 Å². The van der Waals surface area contributed by atoms with E-state index in [0.29, 0.717) is 18.0 Å². The number of nitrogens with one attached hydrogen (secondary N) is 1. The van der Waals surface area contributed by atoms with Gasteiger partial charge in [-0.3, -0.25) is 14.4 Å². The summed E-state index contributed by atoms with van der Waals surface area (Å²) in [6, 6.07) is 6.42. The number of hydrogen-bond donors (Lipinski definition) is 2. The van der Waals surface area contributed by atoms with E-state index in [1.165, 1.54) is 4.90 Å². The van der Waals surface area contributed by atoms with E-state index < -0.39 is 6.04 Å². The Bertz CT molecular complexity index is 713. The van der Waals surface area contributed by atoms with Crippen LogP contribution in [0, 0.1) is 5.92 Å². The maximum Gasteiger partial charge on any atom is 0.251 e. The molecule has 3 rings (SSSR count). The fourth-order valence-electron chi connectivity index (χ4n) is 3.81. The number of nitrogens with two attached hydrogens (primary N) is 1. The molecule has 0 radical (unpaired) electrons. The molecule has 3 amide bonds. The van der Waals surface area contributed by atoms with Gasteiger partial charge in [0.1, 0.15) is 5.75 Å². The smallest absolute Gasteiger partial charge is 0.251 e. The number of rotatable bonds is 8. The van der Waals surface area contributed by atoms with Crippen molar-refractivity contribution in [3.8, 4) is 5.75 Å². The third-order valence-electron chi connectivity index (χ3n) is 5.51. The SMILES string of the molecule is COc1ccc(N2C(=O)CC(NCCCN3CCC(C(N)=O)CC3)C2=O)cc1. The molecule has 2 saturated heterocycles. The van der Waals surface area contributed by atoms with Crippen molar-refractivity contribution >= 4 is 23.4 Å². The quantitative estimate of drug-likeness (QED) is 0.496. The molecule has 0 saturated carbocycles. The molecule has 28 heavy (non-hydrogen) atoms. The van der Waals surface area contributed by atoms with Gasteiger partial charge in [-0.1, -0.05) is 0 Å². The van der Waals surface area contributed by atoms with Crippen molar-refractivity contribution in [3.05, 3.63) is 24.3 Å². The Hall–Kier alpha value is -2.45. The summed E-state index contributed by atoms with van der Waals surface area (Å²) in [6.45, 7) is 3.31. The van der Waals surface area contributed by atoms with Gasteiger partial charge in [-0.25, -0.2) is 4.90 Å². The lowest BCUT2D eigenvalue weighted by Gasteiger charge is -2.30. The first-order valence-corrected chi connectivity index (χ1v) is 9.75. The zero-order chi connectivity index (χ0) is 20.1. The van der Waals surface area contributed by atoms with E-state index in [0.717, 1.165) is 38.9 Å². The zero-order valence-corrected chi connectivity index (χ0v) is 16.2. The van der Waals surface area contributed by atoms with Crippen LogP contribution in [0.5, 0.6) is 5.75 Å². The molecule has 3 N–H and O–H groups in total. The number of primary amides is 1. The van der Waals surface area contributed by atoms with Gasteiger partial charge in [-0.15, -0.1) is 0 Å². The lowest BCUT2D eigenvalue weighted by molar-refractivity contribution is -0.123. The Labute approximate surface area is 165 Å². The van der Waals surface area contributed by atoms with Crippen LogP contribution >= 0.6 is 0 Å². The first-order chi connectivity index (χ1) is 13.5. The van der Waals surface area contributed by atoms with Gasteiger partial charge < -0.3 is 20.7 Å². The number of ether oxygens (including phenoxy) is 1. The maximum atomic E-state index is 12.6. The van der Waals surface area contributed by atoms with Gasteiger partial charge in [0.25, 0.3) is 5.91 Å². The van der Waals surface area contributed by atoms with Crippen molar-refractivity contribution in [1.29, 1.82) is 0 Å². The van der Waals surface area contributed by atoms with E-state index in [1.807, 2.05) is 0 Å². The van der Waals surface area contributed by atoms with Crippen molar-refractivity contribution in [2.24, 2.45) is 11.7 Å². The van der Waals surface area contributed by atoms with E-state index in [1.54, 1.807) is 31.4 Å². The van der Waals surface area contributed by atoms with Gasteiger partial charge in [0, 0.05) is 5.92 Å². The van der Waals surface area contributed by atoms with E-state index >= 15 is 0 Å². The number of methoxy groups -OCH3 is 1. The van der Waals surface area contributed by atoms with Crippen LogP contribution in [0.3, 0.4) is 0 Å². The van der Waals surface area contributed by atoms with Crippen LogP contribution in [0.25, 0.3) is 0 Å². The molecule has 8 nitrogen and oxygen atoms in total. The lowest BCUT2D eigenvalue weighted by Crippen LogP contribution is -2.41. The van der Waals surface area contributed by atoms with Crippen LogP contribution in [-0.4, -0.2) is 62.0 Å². The van der Waals surface area contributed by atoms with Gasteiger partial charge in [0.2, 0.25) is 11.8 Å². The first-order valence-electron chi connectivity index (χ1n) is 9.75. The predicted molar refractivity (Wildman–Crippen MR) is 105 cm³/mol. The third-order valence-corrected chi connectivity index (χ3v) is 5.51. The van der Waals surface area contributed by atoms with Crippen LogP contribution in [0.1, 0.15) is 25.7 Å². The summed E-state index contributed by atoms with van der Waals surface area (Å²) in [6.07, 6.45) is 2.68. The Balaban J connectivity index is 1.42. The minimum Gasteiger partial charge on any atom is -0.497 e. The number of carbonyl (C=O) groups is 3. The second kappa shape index (κ2) is 9.16. The van der Waals surface area contributed by atoms with E-state index in [2.05, 4.69) is 10.2 Å². The average molecular weight is 388 g/mol. The number of carbonyl (C=O) groups excluding carboxylic acids is 3. The van der Waals surface area contributed by atoms with Crippen LogP contribution in [0.4, 0.5) is 5.69 Å². The minimum atomic E-state index is -0.477. The fraction of sp³-hybridized carbons (Fsp3) is 0.550. The molecule has 2 fully saturated rings. The topological polar surface area (TPSA) is 105 Å². The van der Waals surface area contributed by atoms with Crippen LogP contribution in [-0.2, 0) is 14.4 Å². The summed E-state index contributed by atoms with van der Waals surface area (Å²) in [4.78, 5) is 39.7. The summed E-state index contributed by atoms with van der Waals surface area (Å²) < 4.78 is 5.11. The molecular weight excluding hydrogens is 360 g/mol. The van der Waals surface area contributed by atoms with Crippen molar-refractivity contribution in [2.75, 3.05) is 38.2 Å². The normalized spacial score (nSPS) is 21.3. The molecule has 2 heterocycles. The van der Waals surface area contributed by atoms with Gasteiger partial charge in [-0.05, 0) is 69.7 Å². The molecule has 0 aliphatic carbocycles. The predicted octanol–water partition coefficient (Wildman–Crippen LogP) is 0.504. The Morgan fingerprint density at radius 3 is 2.50 bits per heavy atom. The number of nitrogens with zero attached hydrogens (tertiary/aromatic N) is 2. The van der Waals surface area contributed by atoms with E-state index in [-0.39, 0.29) is 30.1 Å². The minimum absolute atomic E-state index is 0.000403. The highest BCUT2D eigenvalue weighted by Crippen LogP contribution is 2.25. The van der Waals surface area contributed by atoms with Crippen molar-refractivity contribution < 1.29 is 19.1 Å². The molecule has 1 aromatic rings. The zero-order valence-electron chi connectivity index (χ0n) is 16.2. The molecule has 1 unspecified atom stereocenters. The molecule has 0 aromatic heterocycles. The van der Waals surface area contributed by atoms with Gasteiger partial charge >= 0.3 is 0 Å². The number of likely N-dealkylation sites (tertiary alicyclic amines) is 1. The second-order valence-electron chi connectivity index (χ2n) is 7.35. The largest absolute Gasteiger partial charge is 0.497 e. The second-order valence-corrected chi connectivity index (χ2v) is 7.35. The summed E-state index contributed by atoms with van der Waals surface area (Å²) in [5.74, 6) is 0.0728. The van der Waals surface area contributed by atoms with Crippen molar-refractivity contribution in [1.82, 2.24) is 10.2 Å². The Morgan fingerprint density at radius 1 is 1.21 bits per heavy atom. The highest BCUT2D eigenvalue weighted by atomic mass is 16.5.